The molecule has 0 bridgehead atoms. The number of hydrogen-bond donors (Lipinski definition) is 0. The Kier molecular flexibility index (Phi) is 8.02. The zero-order valence-corrected chi connectivity index (χ0v) is 26.5. The van der Waals surface area contributed by atoms with Crippen LogP contribution in [-0.2, 0) is 28.8 Å². The fourth-order valence-corrected chi connectivity index (χ4v) is 7.99. The lowest BCUT2D eigenvalue weighted by Gasteiger charge is -2.44. The van der Waals surface area contributed by atoms with Gasteiger partial charge in [0.2, 0.25) is 0 Å². The highest BCUT2D eigenvalue weighted by Gasteiger charge is 2.46. The smallest absolute Gasteiger partial charge is 0.372 e. The Morgan fingerprint density at radius 3 is 2.46 bits per heavy atom. The molecule has 4 nitrogen and oxygen atoms in total. The quantitative estimate of drug-likeness (QED) is 0.196. The van der Waals surface area contributed by atoms with E-state index in [1.54, 1.807) is 13.2 Å². The summed E-state index contributed by atoms with van der Waals surface area (Å²) in [5.41, 5.74) is 8.93. The van der Waals surface area contributed by atoms with Gasteiger partial charge >= 0.3 is 6.18 Å². The SMILES string of the molecule is COCn1nc(CCC2C(C)=Cc3ccccc32)cc1C1CC(C)(C2C(c3cccc(C(F)(F)F)c3)=Cc3ccccc32)CCO1. The predicted molar refractivity (Wildman–Crippen MR) is 175 cm³/mol. The van der Waals surface area contributed by atoms with Gasteiger partial charge in [-0.05, 0) is 89.6 Å². The van der Waals surface area contributed by atoms with Gasteiger partial charge in [0.1, 0.15) is 6.73 Å². The van der Waals surface area contributed by atoms with Crippen LogP contribution < -0.4 is 0 Å². The zero-order chi connectivity index (χ0) is 32.1. The topological polar surface area (TPSA) is 36.3 Å². The van der Waals surface area contributed by atoms with Crippen molar-refractivity contribution in [1.29, 1.82) is 0 Å². The number of allylic oxidation sites excluding steroid dienone is 2. The van der Waals surface area contributed by atoms with E-state index < -0.39 is 11.7 Å². The Morgan fingerprint density at radius 2 is 1.70 bits per heavy atom. The van der Waals surface area contributed by atoms with E-state index >= 15 is 0 Å². The summed E-state index contributed by atoms with van der Waals surface area (Å²) < 4.78 is 55.2. The largest absolute Gasteiger partial charge is 0.416 e. The number of aryl methyl sites for hydroxylation is 1. The second kappa shape index (κ2) is 12.0. The summed E-state index contributed by atoms with van der Waals surface area (Å²) in [5.74, 6) is 0.305. The molecular weight excluding hydrogens is 585 g/mol. The Bertz CT molecular complexity index is 1820. The minimum atomic E-state index is -4.40. The fourth-order valence-electron chi connectivity index (χ4n) is 7.99. The number of aromatic nitrogens is 2. The summed E-state index contributed by atoms with van der Waals surface area (Å²) in [6.45, 7) is 5.34. The van der Waals surface area contributed by atoms with Crippen molar-refractivity contribution in [3.05, 3.63) is 129 Å². The normalized spacial score (nSPS) is 24.0. The van der Waals surface area contributed by atoms with E-state index in [0.717, 1.165) is 53.4 Å². The first kappa shape index (κ1) is 30.7. The van der Waals surface area contributed by atoms with E-state index in [1.807, 2.05) is 16.8 Å². The number of benzene rings is 3. The van der Waals surface area contributed by atoms with Gasteiger partial charge in [0, 0.05) is 25.6 Å². The van der Waals surface area contributed by atoms with Gasteiger partial charge in [-0.15, -0.1) is 0 Å². The number of methoxy groups -OCH3 is 1. The molecule has 3 aromatic carbocycles. The molecule has 0 N–H and O–H groups in total. The van der Waals surface area contributed by atoms with Crippen LogP contribution in [0.4, 0.5) is 13.2 Å². The number of ether oxygens (including phenoxy) is 2. The molecule has 2 heterocycles. The van der Waals surface area contributed by atoms with Gasteiger partial charge in [0.05, 0.1) is 23.1 Å². The number of fused-ring (bicyclic) bond motifs is 2. The summed E-state index contributed by atoms with van der Waals surface area (Å²) in [5, 5.41) is 4.97. The average molecular weight is 625 g/mol. The Balaban J connectivity index is 1.17. The molecule has 0 saturated carbocycles. The minimum absolute atomic E-state index is 0.0750. The average Bonchev–Trinajstić information content (AvgIpc) is 3.73. The first-order chi connectivity index (χ1) is 22.1. The highest BCUT2D eigenvalue weighted by atomic mass is 19.4. The van der Waals surface area contributed by atoms with E-state index in [-0.39, 0.29) is 17.4 Å². The molecular formula is C39H39F3N2O2. The molecule has 1 saturated heterocycles. The lowest BCUT2D eigenvalue weighted by molar-refractivity contribution is -0.137. The van der Waals surface area contributed by atoms with E-state index in [4.69, 9.17) is 14.6 Å². The molecule has 0 spiro atoms. The third-order valence-electron chi connectivity index (χ3n) is 10.2. The Labute approximate surface area is 268 Å². The van der Waals surface area contributed by atoms with Crippen LogP contribution in [0, 0.1) is 5.41 Å². The number of alkyl halides is 3. The molecule has 46 heavy (non-hydrogen) atoms. The summed E-state index contributed by atoms with van der Waals surface area (Å²) >= 11 is 0. The van der Waals surface area contributed by atoms with E-state index in [2.05, 4.69) is 68.5 Å². The fraction of sp³-hybridized carbons (Fsp3) is 0.359. The van der Waals surface area contributed by atoms with Crippen molar-refractivity contribution < 1.29 is 22.6 Å². The van der Waals surface area contributed by atoms with E-state index in [9.17, 15) is 13.2 Å². The molecule has 4 unspecified atom stereocenters. The first-order valence-electron chi connectivity index (χ1n) is 16.1. The van der Waals surface area contributed by atoms with Crippen molar-refractivity contribution in [1.82, 2.24) is 9.78 Å². The standard InChI is InChI=1S/C39H39F3N2O2/c1-25-19-26-9-4-6-13-32(26)31(25)16-15-30-22-35(44(43-30)24-45-3)36-23-38(2,17-18-46-36)37-33-14-7-5-10-28(33)21-34(37)27-11-8-12-29(20-27)39(40,41)42/h4-14,19-22,31,36-37H,15-18,23-24H2,1-3H3. The van der Waals surface area contributed by atoms with Gasteiger partial charge in [-0.2, -0.15) is 18.3 Å². The van der Waals surface area contributed by atoms with Crippen molar-refractivity contribution in [2.24, 2.45) is 5.41 Å². The van der Waals surface area contributed by atoms with Crippen LogP contribution in [0.1, 0.15) is 95.8 Å². The van der Waals surface area contributed by atoms with E-state index in [0.29, 0.717) is 31.2 Å². The van der Waals surface area contributed by atoms with Crippen LogP contribution in [0.25, 0.3) is 17.7 Å². The van der Waals surface area contributed by atoms with Crippen LogP contribution in [0.3, 0.4) is 0 Å². The maximum atomic E-state index is 13.8. The van der Waals surface area contributed by atoms with Gasteiger partial charge in [0.25, 0.3) is 0 Å². The third kappa shape index (κ3) is 5.64. The van der Waals surface area contributed by atoms with Gasteiger partial charge in [-0.3, -0.25) is 0 Å². The molecule has 1 aromatic heterocycles. The Hall–Kier alpha value is -3.94. The van der Waals surface area contributed by atoms with Crippen molar-refractivity contribution >= 4 is 17.7 Å². The highest BCUT2D eigenvalue weighted by Crippen LogP contribution is 2.58. The number of rotatable bonds is 8. The van der Waals surface area contributed by atoms with Crippen molar-refractivity contribution in [2.45, 2.75) is 70.4 Å². The maximum Gasteiger partial charge on any atom is 0.416 e. The molecule has 2 aliphatic carbocycles. The molecule has 4 atom stereocenters. The van der Waals surface area contributed by atoms with Gasteiger partial charge in [-0.1, -0.05) is 85.3 Å². The van der Waals surface area contributed by atoms with Gasteiger partial charge in [-0.25, -0.2) is 4.68 Å². The molecule has 7 rings (SSSR count). The van der Waals surface area contributed by atoms with Crippen molar-refractivity contribution in [3.63, 3.8) is 0 Å². The molecule has 0 radical (unpaired) electrons. The highest BCUT2D eigenvalue weighted by molar-refractivity contribution is 5.92. The van der Waals surface area contributed by atoms with Gasteiger partial charge < -0.3 is 9.47 Å². The van der Waals surface area contributed by atoms with Crippen LogP contribution in [0.15, 0.2) is 84.4 Å². The molecule has 0 amide bonds. The molecule has 7 heteroatoms. The van der Waals surface area contributed by atoms with Crippen LogP contribution in [-0.4, -0.2) is 23.5 Å². The maximum absolute atomic E-state index is 13.8. The molecule has 4 aromatic rings. The lowest BCUT2D eigenvalue weighted by Crippen LogP contribution is -2.35. The van der Waals surface area contributed by atoms with Crippen LogP contribution in [0.5, 0.6) is 0 Å². The molecule has 1 fully saturated rings. The zero-order valence-electron chi connectivity index (χ0n) is 26.5. The second-order valence-electron chi connectivity index (χ2n) is 13.3. The Morgan fingerprint density at radius 1 is 0.957 bits per heavy atom. The predicted octanol–water partition coefficient (Wildman–Crippen LogP) is 9.83. The van der Waals surface area contributed by atoms with Crippen molar-refractivity contribution in [3.8, 4) is 0 Å². The summed E-state index contributed by atoms with van der Waals surface area (Å²) in [7, 11) is 1.67. The molecule has 238 valence electrons. The van der Waals surface area contributed by atoms with Crippen molar-refractivity contribution in [2.75, 3.05) is 13.7 Å². The monoisotopic (exact) mass is 624 g/mol. The lowest BCUT2D eigenvalue weighted by atomic mass is 9.64. The second-order valence-corrected chi connectivity index (χ2v) is 13.3. The summed E-state index contributed by atoms with van der Waals surface area (Å²) in [6, 6.07) is 24.7. The molecule has 3 aliphatic rings. The number of nitrogens with zero attached hydrogens (tertiary/aromatic N) is 2. The van der Waals surface area contributed by atoms with Crippen LogP contribution in [0.2, 0.25) is 0 Å². The molecule has 1 aliphatic heterocycles. The van der Waals surface area contributed by atoms with Crippen LogP contribution >= 0.6 is 0 Å². The summed E-state index contributed by atoms with van der Waals surface area (Å²) in [4.78, 5) is 0. The number of hydrogen-bond acceptors (Lipinski definition) is 3. The first-order valence-corrected chi connectivity index (χ1v) is 16.1. The third-order valence-corrected chi connectivity index (χ3v) is 10.2. The summed E-state index contributed by atoms with van der Waals surface area (Å²) in [6.07, 6.45) is 3.03. The minimum Gasteiger partial charge on any atom is -0.372 e. The van der Waals surface area contributed by atoms with E-state index in [1.165, 1.54) is 28.8 Å². The van der Waals surface area contributed by atoms with Gasteiger partial charge in [0.15, 0.2) is 0 Å². The number of halogens is 3.